The van der Waals surface area contributed by atoms with Gasteiger partial charge in [0.25, 0.3) is 0 Å². The van der Waals surface area contributed by atoms with Crippen molar-refractivity contribution < 1.29 is 24.5 Å². The second-order valence-corrected chi connectivity index (χ2v) is 6.40. The minimum Gasteiger partial charge on any atom is -0.459 e. The lowest BCUT2D eigenvalue weighted by molar-refractivity contribution is -0.160. The Hall–Kier alpha value is -1.20. The Balaban J connectivity index is 2.02. The molecular weight excluding hydrogens is 260 g/mol. The van der Waals surface area contributed by atoms with Gasteiger partial charge in [0.05, 0.1) is 6.61 Å². The summed E-state index contributed by atoms with van der Waals surface area (Å²) in [5.41, 5.74) is -0.830. The third kappa shape index (κ3) is 1.63. The molecule has 1 heterocycles. The van der Waals surface area contributed by atoms with E-state index in [1.165, 1.54) is 0 Å². The number of hydrogen-bond donors (Lipinski definition) is 2. The quantitative estimate of drug-likeness (QED) is 0.538. The Morgan fingerprint density at radius 3 is 2.80 bits per heavy atom. The molecule has 5 nitrogen and oxygen atoms in total. The number of Topliss-reactive ketones (excluding diaryl/α,β-unsaturated/α-hetero) is 1. The minimum atomic E-state index is -1.83. The molecule has 110 valence electrons. The molecule has 3 fully saturated rings. The summed E-state index contributed by atoms with van der Waals surface area (Å²) in [5, 5.41) is 19.8. The number of fused-ring (bicyclic) bond motifs is 3. The SMILES string of the molecule is C=C1CCC2C(OC(=O)C2(O)CO)C2C(C)C(=O)CC12. The summed E-state index contributed by atoms with van der Waals surface area (Å²) in [5.74, 6) is -1.34. The number of carbonyl (C=O) groups excluding carboxylic acids is 2. The maximum atomic E-state index is 12.0. The van der Waals surface area contributed by atoms with Crippen LogP contribution in [0.2, 0.25) is 0 Å². The summed E-state index contributed by atoms with van der Waals surface area (Å²) in [6, 6.07) is 0. The van der Waals surface area contributed by atoms with Crippen LogP contribution >= 0.6 is 0 Å². The van der Waals surface area contributed by atoms with Gasteiger partial charge in [-0.3, -0.25) is 4.79 Å². The fraction of sp³-hybridized carbons (Fsp3) is 0.733. The van der Waals surface area contributed by atoms with E-state index in [9.17, 15) is 19.8 Å². The Morgan fingerprint density at radius 2 is 2.15 bits per heavy atom. The molecule has 2 saturated carbocycles. The highest BCUT2D eigenvalue weighted by Crippen LogP contribution is 2.52. The van der Waals surface area contributed by atoms with Crippen molar-refractivity contribution in [3.63, 3.8) is 0 Å². The summed E-state index contributed by atoms with van der Waals surface area (Å²) >= 11 is 0. The Bertz CT molecular complexity index is 485. The van der Waals surface area contributed by atoms with Crippen molar-refractivity contribution in [2.45, 2.75) is 37.9 Å². The maximum absolute atomic E-state index is 12.0. The molecule has 20 heavy (non-hydrogen) atoms. The zero-order chi connectivity index (χ0) is 14.7. The summed E-state index contributed by atoms with van der Waals surface area (Å²) < 4.78 is 5.39. The zero-order valence-corrected chi connectivity index (χ0v) is 11.5. The molecule has 1 saturated heterocycles. The van der Waals surface area contributed by atoms with Crippen LogP contribution in [0.25, 0.3) is 0 Å². The van der Waals surface area contributed by atoms with Gasteiger partial charge in [0, 0.05) is 24.2 Å². The number of hydrogen-bond acceptors (Lipinski definition) is 5. The van der Waals surface area contributed by atoms with Crippen LogP contribution in [0.3, 0.4) is 0 Å². The van der Waals surface area contributed by atoms with Gasteiger partial charge in [-0.15, -0.1) is 0 Å². The smallest absolute Gasteiger partial charge is 0.341 e. The van der Waals surface area contributed by atoms with Gasteiger partial charge in [-0.25, -0.2) is 4.79 Å². The third-order valence-electron chi connectivity index (χ3n) is 5.50. The predicted molar refractivity (Wildman–Crippen MR) is 69.5 cm³/mol. The van der Waals surface area contributed by atoms with E-state index in [0.29, 0.717) is 19.3 Å². The van der Waals surface area contributed by atoms with Gasteiger partial charge in [0.1, 0.15) is 11.9 Å². The first kappa shape index (κ1) is 13.8. The Morgan fingerprint density at radius 1 is 1.45 bits per heavy atom. The number of esters is 1. The fourth-order valence-corrected chi connectivity index (χ4v) is 4.22. The summed E-state index contributed by atoms with van der Waals surface area (Å²) in [7, 11) is 0. The van der Waals surface area contributed by atoms with Crippen molar-refractivity contribution in [2.75, 3.05) is 6.61 Å². The van der Waals surface area contributed by atoms with Gasteiger partial charge in [-0.1, -0.05) is 19.1 Å². The average Bonchev–Trinajstić information content (AvgIpc) is 2.79. The molecule has 0 amide bonds. The van der Waals surface area contributed by atoms with E-state index in [2.05, 4.69) is 6.58 Å². The third-order valence-corrected chi connectivity index (χ3v) is 5.50. The van der Waals surface area contributed by atoms with Crippen LogP contribution in [0.4, 0.5) is 0 Å². The summed E-state index contributed by atoms with van der Waals surface area (Å²) in [4.78, 5) is 23.9. The Labute approximate surface area is 117 Å². The molecule has 3 rings (SSSR count). The van der Waals surface area contributed by atoms with Crippen LogP contribution < -0.4 is 0 Å². The van der Waals surface area contributed by atoms with Crippen molar-refractivity contribution >= 4 is 11.8 Å². The molecule has 2 N–H and O–H groups in total. The molecule has 0 bridgehead atoms. The molecule has 0 aromatic heterocycles. The number of ketones is 1. The molecule has 0 spiro atoms. The maximum Gasteiger partial charge on any atom is 0.341 e. The van der Waals surface area contributed by atoms with Crippen LogP contribution in [-0.2, 0) is 14.3 Å². The van der Waals surface area contributed by atoms with Gasteiger partial charge >= 0.3 is 5.97 Å². The Kier molecular flexibility index (Phi) is 3.03. The lowest BCUT2D eigenvalue weighted by Crippen LogP contribution is -2.46. The van der Waals surface area contributed by atoms with Crippen LogP contribution in [0.15, 0.2) is 12.2 Å². The van der Waals surface area contributed by atoms with Crippen LogP contribution in [-0.4, -0.2) is 40.3 Å². The van der Waals surface area contributed by atoms with Crippen molar-refractivity contribution in [2.24, 2.45) is 23.7 Å². The van der Waals surface area contributed by atoms with E-state index >= 15 is 0 Å². The van der Waals surface area contributed by atoms with Gasteiger partial charge < -0.3 is 14.9 Å². The first-order chi connectivity index (χ1) is 9.40. The lowest BCUT2D eigenvalue weighted by atomic mass is 9.76. The van der Waals surface area contributed by atoms with E-state index < -0.39 is 30.2 Å². The van der Waals surface area contributed by atoms with Crippen molar-refractivity contribution in [3.8, 4) is 0 Å². The molecule has 6 unspecified atom stereocenters. The van der Waals surface area contributed by atoms with Crippen LogP contribution in [0, 0.1) is 23.7 Å². The molecule has 0 aromatic rings. The average molecular weight is 280 g/mol. The number of aliphatic hydroxyl groups excluding tert-OH is 1. The van der Waals surface area contributed by atoms with Gasteiger partial charge in [-0.2, -0.15) is 0 Å². The molecular formula is C15H20O5. The highest BCUT2D eigenvalue weighted by atomic mass is 16.6. The summed E-state index contributed by atoms with van der Waals surface area (Å²) in [6.07, 6.45) is 1.16. The summed E-state index contributed by atoms with van der Waals surface area (Å²) in [6.45, 7) is 5.28. The molecule has 0 aromatic carbocycles. The first-order valence-electron chi connectivity index (χ1n) is 7.15. The van der Waals surface area contributed by atoms with Crippen LogP contribution in [0.1, 0.15) is 26.2 Å². The second kappa shape index (κ2) is 4.40. The minimum absolute atomic E-state index is 0.0290. The van der Waals surface area contributed by atoms with Gasteiger partial charge in [-0.05, 0) is 18.8 Å². The molecule has 5 heteroatoms. The zero-order valence-electron chi connectivity index (χ0n) is 11.5. The standard InChI is InChI=1S/C15H20O5/c1-7-3-4-10-13(20-14(18)15(10,19)6-16)12-8(2)11(17)5-9(7)12/h8-10,12-13,16,19H,1,3-6H2,2H3. The number of allylic oxidation sites excluding steroid dienone is 1. The fourth-order valence-electron chi connectivity index (χ4n) is 4.22. The number of ether oxygens (including phenoxy) is 1. The monoisotopic (exact) mass is 280 g/mol. The van der Waals surface area contributed by atoms with E-state index in [-0.39, 0.29) is 23.5 Å². The molecule has 0 radical (unpaired) electrons. The van der Waals surface area contributed by atoms with E-state index in [1.54, 1.807) is 0 Å². The molecule has 6 atom stereocenters. The van der Waals surface area contributed by atoms with Crippen molar-refractivity contribution in [1.29, 1.82) is 0 Å². The lowest BCUT2D eigenvalue weighted by Gasteiger charge is -2.29. The molecule has 1 aliphatic heterocycles. The molecule has 2 aliphatic carbocycles. The first-order valence-corrected chi connectivity index (χ1v) is 7.15. The highest BCUT2D eigenvalue weighted by Gasteiger charge is 2.62. The van der Waals surface area contributed by atoms with Gasteiger partial charge in [0.2, 0.25) is 0 Å². The van der Waals surface area contributed by atoms with Crippen LogP contribution in [0.5, 0.6) is 0 Å². The number of rotatable bonds is 1. The van der Waals surface area contributed by atoms with E-state index in [0.717, 1.165) is 5.57 Å². The predicted octanol–water partition coefficient (Wildman–Crippen LogP) is 0.443. The number of carbonyl (C=O) groups is 2. The number of aliphatic hydroxyl groups is 2. The molecule has 3 aliphatic rings. The highest BCUT2D eigenvalue weighted by molar-refractivity contribution is 5.86. The van der Waals surface area contributed by atoms with Crippen molar-refractivity contribution in [1.82, 2.24) is 0 Å². The van der Waals surface area contributed by atoms with E-state index in [1.807, 2.05) is 6.92 Å². The van der Waals surface area contributed by atoms with Crippen molar-refractivity contribution in [3.05, 3.63) is 12.2 Å². The largest absolute Gasteiger partial charge is 0.459 e. The normalized spacial score (nSPS) is 47.8. The van der Waals surface area contributed by atoms with Gasteiger partial charge in [0.15, 0.2) is 5.60 Å². The second-order valence-electron chi connectivity index (χ2n) is 6.40. The van der Waals surface area contributed by atoms with E-state index in [4.69, 9.17) is 4.74 Å². The topological polar surface area (TPSA) is 83.8 Å².